The first-order valence-electron chi connectivity index (χ1n) is 7.58. The van der Waals surface area contributed by atoms with Crippen LogP contribution in [-0.2, 0) is 9.84 Å². The van der Waals surface area contributed by atoms with Crippen LogP contribution in [0.2, 0.25) is 0 Å². The molecule has 0 saturated carbocycles. The average Bonchev–Trinajstić information content (AvgIpc) is 2.96. The van der Waals surface area contributed by atoms with Crippen molar-refractivity contribution in [2.24, 2.45) is 0 Å². The van der Waals surface area contributed by atoms with E-state index < -0.39 is 15.7 Å². The maximum Gasteiger partial charge on any atom is 0.295 e. The summed E-state index contributed by atoms with van der Waals surface area (Å²) in [6, 6.07) is 12.2. The summed E-state index contributed by atoms with van der Waals surface area (Å²) < 4.78 is 43.6. The van der Waals surface area contributed by atoms with Crippen LogP contribution < -0.4 is 5.32 Å². The average molecular weight is 348 g/mol. The summed E-state index contributed by atoms with van der Waals surface area (Å²) in [5, 5.41) is 2.98. The van der Waals surface area contributed by atoms with Crippen LogP contribution in [0.1, 0.15) is 13.3 Å². The van der Waals surface area contributed by atoms with Crippen LogP contribution in [0.5, 0.6) is 0 Å². The lowest BCUT2D eigenvalue weighted by Crippen LogP contribution is -2.28. The fourth-order valence-corrected chi connectivity index (χ4v) is 4.00. The number of benzene rings is 2. The van der Waals surface area contributed by atoms with Gasteiger partial charge in [0.1, 0.15) is 11.3 Å². The number of sulfone groups is 1. The number of oxazole rings is 1. The molecule has 0 fully saturated rings. The predicted molar refractivity (Wildman–Crippen MR) is 90.2 cm³/mol. The van der Waals surface area contributed by atoms with Crippen molar-refractivity contribution in [3.05, 3.63) is 54.3 Å². The van der Waals surface area contributed by atoms with E-state index in [1.54, 1.807) is 30.3 Å². The van der Waals surface area contributed by atoms with Crippen molar-refractivity contribution < 1.29 is 17.2 Å². The molecule has 3 aromatic rings. The summed E-state index contributed by atoms with van der Waals surface area (Å²) in [5.41, 5.74) is 0.831. The Hall–Kier alpha value is -2.41. The minimum absolute atomic E-state index is 0.0827. The Morgan fingerprint density at radius 1 is 1.21 bits per heavy atom. The second-order valence-electron chi connectivity index (χ2n) is 5.48. The number of hydrogen-bond donors (Lipinski definition) is 1. The second-order valence-corrected chi connectivity index (χ2v) is 7.51. The molecule has 1 N–H and O–H groups in total. The van der Waals surface area contributed by atoms with Crippen LogP contribution in [0.15, 0.2) is 57.8 Å². The minimum Gasteiger partial charge on any atom is -0.424 e. The smallest absolute Gasteiger partial charge is 0.295 e. The molecule has 0 aliphatic heterocycles. The molecule has 0 bridgehead atoms. The molecule has 0 amide bonds. The summed E-state index contributed by atoms with van der Waals surface area (Å²) in [5.74, 6) is -0.485. The highest BCUT2D eigenvalue weighted by molar-refractivity contribution is 7.91. The van der Waals surface area contributed by atoms with E-state index in [4.69, 9.17) is 4.42 Å². The van der Waals surface area contributed by atoms with Crippen molar-refractivity contribution in [2.75, 3.05) is 11.1 Å². The largest absolute Gasteiger partial charge is 0.424 e. The van der Waals surface area contributed by atoms with Crippen molar-refractivity contribution in [3.63, 3.8) is 0 Å². The molecule has 1 atom stereocenters. The molecule has 5 nitrogen and oxygen atoms in total. The standard InChI is InChI=1S/C17H17FN2O3S/c1-2-13(11-24(21,22)14-6-4-3-5-7-14)19-17-20-15-10-12(18)8-9-16(15)23-17/h3-10,13H,2,11H2,1H3,(H,19,20). The van der Waals surface area contributed by atoms with Crippen LogP contribution in [0.3, 0.4) is 0 Å². The number of rotatable bonds is 6. The molecule has 0 aliphatic rings. The highest BCUT2D eigenvalue weighted by Gasteiger charge is 2.21. The van der Waals surface area contributed by atoms with Gasteiger partial charge in [-0.3, -0.25) is 0 Å². The lowest BCUT2D eigenvalue weighted by Gasteiger charge is -2.15. The third-order valence-corrected chi connectivity index (χ3v) is 5.52. The first-order valence-corrected chi connectivity index (χ1v) is 9.23. The SMILES string of the molecule is CCC(CS(=O)(=O)c1ccccc1)Nc1nc2cc(F)ccc2o1. The Labute approximate surface area is 139 Å². The van der Waals surface area contributed by atoms with Crippen molar-refractivity contribution in [1.82, 2.24) is 4.98 Å². The zero-order chi connectivity index (χ0) is 17.2. The topological polar surface area (TPSA) is 72.2 Å². The van der Waals surface area contributed by atoms with E-state index in [0.717, 1.165) is 0 Å². The Balaban J connectivity index is 1.78. The summed E-state index contributed by atoms with van der Waals surface area (Å²) in [6.07, 6.45) is 0.569. The Kier molecular flexibility index (Phi) is 4.53. The third-order valence-electron chi connectivity index (χ3n) is 3.69. The van der Waals surface area contributed by atoms with Crippen LogP contribution in [0.25, 0.3) is 11.1 Å². The molecular formula is C17H17FN2O3S. The van der Waals surface area contributed by atoms with Gasteiger partial charge in [0.25, 0.3) is 6.01 Å². The number of halogens is 1. The number of anilines is 1. The maximum atomic E-state index is 13.2. The molecule has 126 valence electrons. The predicted octanol–water partition coefficient (Wildman–Crippen LogP) is 3.63. The van der Waals surface area contributed by atoms with Crippen LogP contribution in [-0.4, -0.2) is 25.2 Å². The van der Waals surface area contributed by atoms with Crippen molar-refractivity contribution in [2.45, 2.75) is 24.3 Å². The van der Waals surface area contributed by atoms with Gasteiger partial charge in [0.15, 0.2) is 15.4 Å². The van der Waals surface area contributed by atoms with Gasteiger partial charge >= 0.3 is 0 Å². The highest BCUT2D eigenvalue weighted by Crippen LogP contribution is 2.21. The Morgan fingerprint density at radius 3 is 2.67 bits per heavy atom. The molecular weight excluding hydrogens is 331 g/mol. The van der Waals surface area contributed by atoms with Gasteiger partial charge in [0.05, 0.1) is 10.6 Å². The lowest BCUT2D eigenvalue weighted by molar-refractivity contribution is 0.576. The first kappa shape index (κ1) is 16.4. The van der Waals surface area contributed by atoms with Gasteiger partial charge in [-0.05, 0) is 30.7 Å². The molecule has 2 aromatic carbocycles. The third kappa shape index (κ3) is 3.56. The highest BCUT2D eigenvalue weighted by atomic mass is 32.2. The monoisotopic (exact) mass is 348 g/mol. The molecule has 7 heteroatoms. The van der Waals surface area contributed by atoms with E-state index in [0.29, 0.717) is 17.5 Å². The van der Waals surface area contributed by atoms with E-state index in [1.807, 2.05) is 6.92 Å². The van der Waals surface area contributed by atoms with Gasteiger partial charge in [-0.2, -0.15) is 4.98 Å². The molecule has 1 heterocycles. The van der Waals surface area contributed by atoms with E-state index in [9.17, 15) is 12.8 Å². The molecule has 0 spiro atoms. The summed E-state index contributed by atoms with van der Waals surface area (Å²) in [7, 11) is -3.42. The van der Waals surface area contributed by atoms with Gasteiger partial charge in [-0.25, -0.2) is 12.8 Å². The van der Waals surface area contributed by atoms with Crippen molar-refractivity contribution in [1.29, 1.82) is 0 Å². The molecule has 24 heavy (non-hydrogen) atoms. The van der Waals surface area contributed by atoms with Gasteiger partial charge in [0.2, 0.25) is 0 Å². The lowest BCUT2D eigenvalue weighted by atomic mass is 10.3. The van der Waals surface area contributed by atoms with Crippen molar-refractivity contribution in [3.8, 4) is 0 Å². The minimum atomic E-state index is -3.42. The van der Waals surface area contributed by atoms with Crippen LogP contribution in [0, 0.1) is 5.82 Å². The molecule has 1 unspecified atom stereocenters. The molecule has 1 aromatic heterocycles. The number of hydrogen-bond acceptors (Lipinski definition) is 5. The second kappa shape index (κ2) is 6.60. The number of aromatic nitrogens is 1. The number of nitrogens with one attached hydrogen (secondary N) is 1. The quantitative estimate of drug-likeness (QED) is 0.736. The molecule has 3 rings (SSSR count). The van der Waals surface area contributed by atoms with Gasteiger partial charge < -0.3 is 9.73 Å². The maximum absolute atomic E-state index is 13.2. The zero-order valence-corrected chi connectivity index (χ0v) is 13.9. The zero-order valence-electron chi connectivity index (χ0n) is 13.1. The summed E-state index contributed by atoms with van der Waals surface area (Å²) in [6.45, 7) is 1.88. The summed E-state index contributed by atoms with van der Waals surface area (Å²) in [4.78, 5) is 4.43. The van der Waals surface area contributed by atoms with Gasteiger partial charge in [-0.15, -0.1) is 0 Å². The van der Waals surface area contributed by atoms with E-state index in [2.05, 4.69) is 10.3 Å². The van der Waals surface area contributed by atoms with E-state index in [1.165, 1.54) is 18.2 Å². The van der Waals surface area contributed by atoms with E-state index >= 15 is 0 Å². The fraction of sp³-hybridized carbons (Fsp3) is 0.235. The summed E-state index contributed by atoms with van der Waals surface area (Å²) >= 11 is 0. The van der Waals surface area contributed by atoms with Gasteiger partial charge in [0, 0.05) is 12.1 Å². The number of fused-ring (bicyclic) bond motifs is 1. The molecule has 0 aliphatic carbocycles. The first-order chi connectivity index (χ1) is 11.5. The molecule has 0 saturated heterocycles. The normalized spacial score (nSPS) is 13.1. The van der Waals surface area contributed by atoms with E-state index in [-0.39, 0.29) is 22.7 Å². The van der Waals surface area contributed by atoms with Crippen molar-refractivity contribution >= 4 is 27.0 Å². The van der Waals surface area contributed by atoms with Crippen LogP contribution >= 0.6 is 0 Å². The number of nitrogens with zero attached hydrogens (tertiary/aromatic N) is 1. The Morgan fingerprint density at radius 2 is 1.96 bits per heavy atom. The fourth-order valence-electron chi connectivity index (χ4n) is 2.39. The van der Waals surface area contributed by atoms with Crippen LogP contribution in [0.4, 0.5) is 10.4 Å². The molecule has 0 radical (unpaired) electrons. The van der Waals surface area contributed by atoms with Gasteiger partial charge in [-0.1, -0.05) is 25.1 Å². The Bertz CT molecular complexity index is 939.